The van der Waals surface area contributed by atoms with Gasteiger partial charge in [0.15, 0.2) is 5.78 Å². The van der Waals surface area contributed by atoms with Gasteiger partial charge in [0.2, 0.25) is 0 Å². The first-order chi connectivity index (χ1) is 9.88. The summed E-state index contributed by atoms with van der Waals surface area (Å²) in [5.41, 5.74) is 1.74. The average Bonchev–Trinajstić information content (AvgIpc) is 2.45. The predicted molar refractivity (Wildman–Crippen MR) is 83.3 cm³/mol. The minimum Gasteiger partial charge on any atom is -0.380 e. The molecule has 0 spiro atoms. The van der Waals surface area contributed by atoms with Gasteiger partial charge in [-0.25, -0.2) is 8.42 Å². The highest BCUT2D eigenvalue weighted by Gasteiger charge is 2.17. The van der Waals surface area contributed by atoms with Crippen LogP contribution in [0.1, 0.15) is 22.8 Å². The van der Waals surface area contributed by atoms with Crippen LogP contribution in [0.15, 0.2) is 53.4 Å². The second-order valence-electron chi connectivity index (χ2n) is 4.54. The van der Waals surface area contributed by atoms with Gasteiger partial charge < -0.3 is 5.32 Å². The van der Waals surface area contributed by atoms with Crippen LogP contribution < -0.4 is 5.32 Å². The molecule has 0 saturated carbocycles. The smallest absolute Gasteiger partial charge is 0.263 e. The molecular weight excluding hydrogens is 310 g/mol. The summed E-state index contributed by atoms with van der Waals surface area (Å²) in [6.07, 6.45) is 0. The third-order valence-electron chi connectivity index (χ3n) is 2.97. The first kappa shape index (κ1) is 15.5. The largest absolute Gasteiger partial charge is 0.380 e. The van der Waals surface area contributed by atoms with E-state index in [0.29, 0.717) is 17.8 Å². The van der Waals surface area contributed by atoms with E-state index in [2.05, 4.69) is 5.32 Å². The lowest BCUT2D eigenvalue weighted by Gasteiger charge is -2.11. The van der Waals surface area contributed by atoms with Gasteiger partial charge in [-0.15, -0.1) is 0 Å². The van der Waals surface area contributed by atoms with Gasteiger partial charge in [-0.3, -0.25) is 4.79 Å². The lowest BCUT2D eigenvalue weighted by atomic mass is 10.1. The zero-order valence-electron chi connectivity index (χ0n) is 11.3. The van der Waals surface area contributed by atoms with E-state index >= 15 is 0 Å². The van der Waals surface area contributed by atoms with Gasteiger partial charge in [0.25, 0.3) is 9.05 Å². The monoisotopic (exact) mass is 323 g/mol. The number of nitrogens with one attached hydrogen (secondary N) is 1. The summed E-state index contributed by atoms with van der Waals surface area (Å²) in [5.74, 6) is -0.142. The second-order valence-corrected chi connectivity index (χ2v) is 7.08. The van der Waals surface area contributed by atoms with Crippen LogP contribution in [0.5, 0.6) is 0 Å². The average molecular weight is 324 g/mol. The lowest BCUT2D eigenvalue weighted by molar-refractivity contribution is 0.101. The van der Waals surface area contributed by atoms with Crippen molar-refractivity contribution in [2.24, 2.45) is 0 Å². The van der Waals surface area contributed by atoms with Crippen molar-refractivity contribution in [3.05, 3.63) is 59.7 Å². The number of carbonyl (C=O) groups excluding carboxylic acids is 1. The van der Waals surface area contributed by atoms with E-state index in [-0.39, 0.29) is 10.7 Å². The zero-order chi connectivity index (χ0) is 15.5. The van der Waals surface area contributed by atoms with Gasteiger partial charge >= 0.3 is 0 Å². The Hall–Kier alpha value is -1.85. The third-order valence-corrected chi connectivity index (χ3v) is 4.35. The Balaban J connectivity index is 2.35. The highest BCUT2D eigenvalue weighted by molar-refractivity contribution is 8.13. The molecule has 21 heavy (non-hydrogen) atoms. The summed E-state index contributed by atoms with van der Waals surface area (Å²) >= 11 is 0. The molecule has 1 N–H and O–H groups in total. The summed E-state index contributed by atoms with van der Waals surface area (Å²) in [5, 5.41) is 3.02. The molecule has 2 rings (SSSR count). The molecule has 6 heteroatoms. The number of carbonyl (C=O) groups is 1. The van der Waals surface area contributed by atoms with E-state index in [1.165, 1.54) is 25.1 Å². The predicted octanol–water partition coefficient (Wildman–Crippen LogP) is 3.43. The Labute approximate surface area is 128 Å². The van der Waals surface area contributed by atoms with Crippen molar-refractivity contribution in [3.63, 3.8) is 0 Å². The van der Waals surface area contributed by atoms with Crippen LogP contribution in [0.25, 0.3) is 0 Å². The van der Waals surface area contributed by atoms with Crippen molar-refractivity contribution in [2.45, 2.75) is 18.4 Å². The molecule has 0 amide bonds. The molecule has 0 aliphatic carbocycles. The summed E-state index contributed by atoms with van der Waals surface area (Å²) in [7, 11) is 1.54. The van der Waals surface area contributed by atoms with Crippen molar-refractivity contribution < 1.29 is 13.2 Å². The molecule has 0 fully saturated rings. The number of hydrogen-bond acceptors (Lipinski definition) is 4. The summed E-state index contributed by atoms with van der Waals surface area (Å²) in [6, 6.07) is 13.8. The van der Waals surface area contributed by atoms with Gasteiger partial charge in [-0.2, -0.15) is 0 Å². The van der Waals surface area contributed by atoms with Gasteiger partial charge in [-0.1, -0.05) is 30.3 Å². The normalized spacial score (nSPS) is 11.1. The molecule has 0 aromatic heterocycles. The maximum Gasteiger partial charge on any atom is 0.263 e. The zero-order valence-corrected chi connectivity index (χ0v) is 12.9. The lowest BCUT2D eigenvalue weighted by Crippen LogP contribution is -2.06. The molecule has 0 heterocycles. The fraction of sp³-hybridized carbons (Fsp3) is 0.133. The molecule has 0 radical (unpaired) electrons. The van der Waals surface area contributed by atoms with Crippen LogP contribution in [-0.4, -0.2) is 14.2 Å². The number of rotatable bonds is 5. The number of benzene rings is 2. The van der Waals surface area contributed by atoms with Gasteiger partial charge in [0, 0.05) is 22.8 Å². The highest BCUT2D eigenvalue weighted by atomic mass is 35.7. The molecule has 0 aliphatic rings. The van der Waals surface area contributed by atoms with Crippen LogP contribution in [0, 0.1) is 0 Å². The van der Waals surface area contributed by atoms with E-state index in [1.54, 1.807) is 0 Å². The van der Waals surface area contributed by atoms with Crippen LogP contribution >= 0.6 is 10.7 Å². The molecule has 110 valence electrons. The number of hydrogen-bond donors (Lipinski definition) is 1. The molecule has 2 aromatic rings. The molecule has 0 atom stereocenters. The van der Waals surface area contributed by atoms with Gasteiger partial charge in [0.1, 0.15) is 4.90 Å². The second kappa shape index (κ2) is 6.28. The fourth-order valence-electron chi connectivity index (χ4n) is 1.89. The minimum atomic E-state index is -3.88. The minimum absolute atomic E-state index is 0.0369. The molecule has 2 aromatic carbocycles. The quantitative estimate of drug-likeness (QED) is 0.676. The number of anilines is 1. The Morgan fingerprint density at radius 1 is 1.14 bits per heavy atom. The Morgan fingerprint density at radius 2 is 1.81 bits per heavy atom. The SMILES string of the molecule is CC(=O)c1ccc(S(=O)(=O)Cl)c(NCc2ccccc2)c1. The molecule has 0 saturated heterocycles. The van der Waals surface area contributed by atoms with Crippen LogP contribution in [0.4, 0.5) is 5.69 Å². The van der Waals surface area contributed by atoms with Gasteiger partial charge in [-0.05, 0) is 30.7 Å². The van der Waals surface area contributed by atoms with Crippen molar-refractivity contribution in [2.75, 3.05) is 5.32 Å². The maximum absolute atomic E-state index is 11.6. The first-order valence-corrected chi connectivity index (χ1v) is 8.56. The van der Waals surface area contributed by atoms with E-state index in [1.807, 2.05) is 30.3 Å². The summed E-state index contributed by atoms with van der Waals surface area (Å²) < 4.78 is 23.2. The summed E-state index contributed by atoms with van der Waals surface area (Å²) in [6.45, 7) is 1.85. The van der Waals surface area contributed by atoms with Crippen molar-refractivity contribution >= 4 is 31.2 Å². The Kier molecular flexibility index (Phi) is 4.65. The molecule has 0 aliphatic heterocycles. The van der Waals surface area contributed by atoms with E-state index in [9.17, 15) is 13.2 Å². The Bertz CT molecular complexity index is 758. The topological polar surface area (TPSA) is 63.2 Å². The van der Waals surface area contributed by atoms with Crippen molar-refractivity contribution in [1.82, 2.24) is 0 Å². The maximum atomic E-state index is 11.6. The molecule has 0 unspecified atom stereocenters. The van der Waals surface area contributed by atoms with E-state index in [0.717, 1.165) is 5.56 Å². The molecular formula is C15H14ClNO3S. The van der Waals surface area contributed by atoms with Crippen LogP contribution in [-0.2, 0) is 15.6 Å². The number of halogens is 1. The van der Waals surface area contributed by atoms with Gasteiger partial charge in [0.05, 0.1) is 5.69 Å². The van der Waals surface area contributed by atoms with Crippen molar-refractivity contribution in [1.29, 1.82) is 0 Å². The van der Waals surface area contributed by atoms with Crippen molar-refractivity contribution in [3.8, 4) is 0 Å². The third kappa shape index (κ3) is 4.06. The molecule has 4 nitrogen and oxygen atoms in total. The summed E-state index contributed by atoms with van der Waals surface area (Å²) in [4.78, 5) is 11.4. The number of ketones is 1. The van der Waals surface area contributed by atoms with Crippen LogP contribution in [0.2, 0.25) is 0 Å². The standard InChI is InChI=1S/C15H14ClNO3S/c1-11(18)13-7-8-15(21(16,19)20)14(9-13)17-10-12-5-3-2-4-6-12/h2-9,17H,10H2,1H3. The fourth-order valence-corrected chi connectivity index (χ4v) is 2.92. The molecule has 0 bridgehead atoms. The van der Waals surface area contributed by atoms with E-state index in [4.69, 9.17) is 10.7 Å². The Morgan fingerprint density at radius 3 is 2.38 bits per heavy atom. The van der Waals surface area contributed by atoms with Crippen LogP contribution in [0.3, 0.4) is 0 Å². The number of Topliss-reactive ketones (excluding diaryl/α,β-unsaturated/α-hetero) is 1. The highest BCUT2D eigenvalue weighted by Crippen LogP contribution is 2.26. The van der Waals surface area contributed by atoms with E-state index < -0.39 is 9.05 Å². The first-order valence-electron chi connectivity index (χ1n) is 6.25.